The van der Waals surface area contributed by atoms with Gasteiger partial charge in [0.05, 0.1) is 18.3 Å². The van der Waals surface area contributed by atoms with Crippen LogP contribution in [0.3, 0.4) is 0 Å². The third kappa shape index (κ3) is 3.16. The van der Waals surface area contributed by atoms with Gasteiger partial charge in [-0.2, -0.15) is 0 Å². The lowest BCUT2D eigenvalue weighted by atomic mass is 9.44. The van der Waals surface area contributed by atoms with E-state index in [-0.39, 0.29) is 6.10 Å². The third-order valence-corrected chi connectivity index (χ3v) is 11.5. The summed E-state index contributed by atoms with van der Waals surface area (Å²) in [4.78, 5) is 0. The second-order valence-electron chi connectivity index (χ2n) is 12.8. The second kappa shape index (κ2) is 7.73. The van der Waals surface area contributed by atoms with Gasteiger partial charge in [-0.1, -0.05) is 27.7 Å². The van der Waals surface area contributed by atoms with E-state index in [1.807, 2.05) is 0 Å². The van der Waals surface area contributed by atoms with Crippen LogP contribution in [0.5, 0.6) is 0 Å². The minimum atomic E-state index is -0.0425. The molecule has 5 fully saturated rings. The van der Waals surface area contributed by atoms with Crippen LogP contribution < -0.4 is 0 Å². The SMILES string of the molecule is C[C@H](CO)CCC1OC2C[C@H]3[C@@H]4CC[C@@H]5C[C@H](O)CC[C@]5(C)[C@H]4CC[C@]3(C)[C@H]2[C@@H]1C. The van der Waals surface area contributed by atoms with Crippen molar-refractivity contribution in [2.45, 2.75) is 110 Å². The molecule has 1 aliphatic heterocycles. The zero-order valence-corrected chi connectivity index (χ0v) is 19.9. The van der Waals surface area contributed by atoms with Gasteiger partial charge in [0.25, 0.3) is 0 Å². The number of fused-ring (bicyclic) bond motifs is 7. The highest BCUT2D eigenvalue weighted by atomic mass is 16.5. The summed E-state index contributed by atoms with van der Waals surface area (Å²) in [5.41, 5.74) is 0.927. The Morgan fingerprint density at radius 2 is 1.77 bits per heavy atom. The summed E-state index contributed by atoms with van der Waals surface area (Å²) in [7, 11) is 0. The van der Waals surface area contributed by atoms with Crippen LogP contribution in [0.4, 0.5) is 0 Å². The smallest absolute Gasteiger partial charge is 0.0618 e. The Labute approximate surface area is 184 Å². The largest absolute Gasteiger partial charge is 0.396 e. The summed E-state index contributed by atoms with van der Waals surface area (Å²) in [5, 5.41) is 19.7. The Kier molecular flexibility index (Phi) is 5.60. The Morgan fingerprint density at radius 3 is 2.53 bits per heavy atom. The first-order valence-corrected chi connectivity index (χ1v) is 13.2. The predicted octanol–water partition coefficient (Wildman–Crippen LogP) is 5.43. The highest BCUT2D eigenvalue weighted by Gasteiger charge is 2.65. The van der Waals surface area contributed by atoms with Crippen molar-refractivity contribution in [2.24, 2.45) is 52.3 Å². The van der Waals surface area contributed by atoms with Gasteiger partial charge in [0, 0.05) is 6.61 Å². The van der Waals surface area contributed by atoms with Crippen molar-refractivity contribution in [2.75, 3.05) is 6.61 Å². The Hall–Kier alpha value is -0.120. The molecule has 0 spiro atoms. The molecule has 5 rings (SSSR count). The molecule has 3 nitrogen and oxygen atoms in total. The van der Waals surface area contributed by atoms with E-state index >= 15 is 0 Å². The van der Waals surface area contributed by atoms with Crippen LogP contribution >= 0.6 is 0 Å². The summed E-state index contributed by atoms with van der Waals surface area (Å²) in [6.07, 6.45) is 13.2. The predicted molar refractivity (Wildman–Crippen MR) is 120 cm³/mol. The normalized spacial score (nSPS) is 56.0. The van der Waals surface area contributed by atoms with Crippen molar-refractivity contribution in [3.05, 3.63) is 0 Å². The average Bonchev–Trinajstić information content (AvgIpc) is 3.20. The van der Waals surface area contributed by atoms with Crippen molar-refractivity contribution in [3.63, 3.8) is 0 Å². The van der Waals surface area contributed by atoms with Crippen LogP contribution in [0.2, 0.25) is 0 Å². The van der Waals surface area contributed by atoms with Gasteiger partial charge in [-0.15, -0.1) is 0 Å². The summed E-state index contributed by atoms with van der Waals surface area (Å²) in [5.74, 6) is 5.13. The van der Waals surface area contributed by atoms with Crippen LogP contribution in [0.1, 0.15) is 91.9 Å². The lowest BCUT2D eigenvalue weighted by Gasteiger charge is -2.61. The van der Waals surface area contributed by atoms with Gasteiger partial charge in [0.1, 0.15) is 0 Å². The molecule has 3 heteroatoms. The van der Waals surface area contributed by atoms with Gasteiger partial charge in [0.15, 0.2) is 0 Å². The van der Waals surface area contributed by atoms with Crippen molar-refractivity contribution < 1.29 is 14.9 Å². The highest BCUT2D eigenvalue weighted by molar-refractivity contribution is 5.14. The monoisotopic (exact) mass is 418 g/mol. The summed E-state index contributed by atoms with van der Waals surface area (Å²) < 4.78 is 6.76. The summed E-state index contributed by atoms with van der Waals surface area (Å²) in [6, 6.07) is 0. The number of aliphatic hydroxyl groups is 2. The fourth-order valence-electron chi connectivity index (χ4n) is 9.79. The van der Waals surface area contributed by atoms with Gasteiger partial charge >= 0.3 is 0 Å². The number of ether oxygens (including phenoxy) is 1. The topological polar surface area (TPSA) is 49.7 Å². The molecule has 12 atom stereocenters. The molecule has 1 heterocycles. The van der Waals surface area contributed by atoms with Crippen molar-refractivity contribution in [1.29, 1.82) is 0 Å². The molecule has 1 saturated heterocycles. The highest BCUT2D eigenvalue weighted by Crippen LogP contribution is 2.70. The molecule has 0 bridgehead atoms. The van der Waals surface area contributed by atoms with Crippen LogP contribution in [-0.2, 0) is 4.74 Å². The van der Waals surface area contributed by atoms with E-state index in [1.165, 1.54) is 38.5 Å². The summed E-state index contributed by atoms with van der Waals surface area (Å²) in [6.45, 7) is 10.2. The first-order chi connectivity index (χ1) is 14.3. The van der Waals surface area contributed by atoms with E-state index in [2.05, 4.69) is 27.7 Å². The minimum Gasteiger partial charge on any atom is -0.396 e. The molecule has 0 amide bonds. The maximum atomic E-state index is 10.3. The second-order valence-corrected chi connectivity index (χ2v) is 12.8. The molecule has 30 heavy (non-hydrogen) atoms. The minimum absolute atomic E-state index is 0.0425. The van der Waals surface area contributed by atoms with Crippen LogP contribution in [0.25, 0.3) is 0 Å². The first kappa shape index (κ1) is 21.7. The molecule has 4 aliphatic carbocycles. The van der Waals surface area contributed by atoms with Gasteiger partial charge in [0.2, 0.25) is 0 Å². The Bertz CT molecular complexity index is 636. The number of aliphatic hydroxyl groups excluding tert-OH is 2. The van der Waals surface area contributed by atoms with E-state index in [0.717, 1.165) is 55.3 Å². The Morgan fingerprint density at radius 1 is 1.00 bits per heavy atom. The van der Waals surface area contributed by atoms with Gasteiger partial charge in [-0.25, -0.2) is 0 Å². The number of rotatable bonds is 4. The molecule has 5 aliphatic rings. The Balaban J connectivity index is 1.32. The standard InChI is InChI=1S/C27H46O3/c1-16(15-28)5-8-23-17(2)25-24(30-23)14-22-20-7-6-18-13-19(29)9-11-26(18,3)21(20)10-12-27(22,25)4/h16-25,28-29H,5-15H2,1-4H3/t16-,17+,18+,19+,20+,21-,22-,23?,24?,25-,26-,27-/m0/s1. The summed E-state index contributed by atoms with van der Waals surface area (Å²) >= 11 is 0. The molecule has 172 valence electrons. The number of hydrogen-bond donors (Lipinski definition) is 2. The van der Waals surface area contributed by atoms with Crippen LogP contribution in [-0.4, -0.2) is 35.1 Å². The first-order valence-electron chi connectivity index (χ1n) is 13.2. The van der Waals surface area contributed by atoms with E-state index in [1.54, 1.807) is 0 Å². The molecular formula is C27H46O3. The van der Waals surface area contributed by atoms with Gasteiger partial charge < -0.3 is 14.9 Å². The molecule has 0 aromatic carbocycles. The molecule has 2 N–H and O–H groups in total. The van der Waals surface area contributed by atoms with Gasteiger partial charge in [-0.3, -0.25) is 0 Å². The molecule has 0 aromatic rings. The van der Waals surface area contributed by atoms with Crippen molar-refractivity contribution in [1.82, 2.24) is 0 Å². The molecule has 4 saturated carbocycles. The zero-order valence-electron chi connectivity index (χ0n) is 19.9. The van der Waals surface area contributed by atoms with Crippen LogP contribution in [0, 0.1) is 52.3 Å². The molecule has 0 aromatic heterocycles. The lowest BCUT2D eigenvalue weighted by molar-refractivity contribution is -0.130. The third-order valence-electron chi connectivity index (χ3n) is 11.5. The van der Waals surface area contributed by atoms with Crippen molar-refractivity contribution in [3.8, 4) is 0 Å². The van der Waals surface area contributed by atoms with Crippen LogP contribution in [0.15, 0.2) is 0 Å². The van der Waals surface area contributed by atoms with E-state index < -0.39 is 0 Å². The van der Waals surface area contributed by atoms with E-state index in [4.69, 9.17) is 4.74 Å². The zero-order chi connectivity index (χ0) is 21.3. The fraction of sp³-hybridized carbons (Fsp3) is 1.00. The number of hydrogen-bond acceptors (Lipinski definition) is 3. The van der Waals surface area contributed by atoms with Crippen molar-refractivity contribution >= 4 is 0 Å². The van der Waals surface area contributed by atoms with E-state index in [9.17, 15) is 10.2 Å². The maximum absolute atomic E-state index is 10.3. The van der Waals surface area contributed by atoms with E-state index in [0.29, 0.717) is 41.5 Å². The average molecular weight is 419 g/mol. The quantitative estimate of drug-likeness (QED) is 0.640. The molecule has 2 unspecified atom stereocenters. The fourth-order valence-corrected chi connectivity index (χ4v) is 9.79. The lowest BCUT2D eigenvalue weighted by Crippen LogP contribution is -2.54. The van der Waals surface area contributed by atoms with Gasteiger partial charge in [-0.05, 0) is 116 Å². The molecule has 0 radical (unpaired) electrons. The molecular weight excluding hydrogens is 372 g/mol. The maximum Gasteiger partial charge on any atom is 0.0618 e.